The number of thiophene rings is 2. The van der Waals surface area contributed by atoms with Gasteiger partial charge in [0.2, 0.25) is 0 Å². The van der Waals surface area contributed by atoms with Crippen LogP contribution >= 0.6 is 22.7 Å². The molecular formula is C15H14N2S2Si. The lowest BCUT2D eigenvalue weighted by atomic mass is 10.3. The molecule has 2 aromatic rings. The average molecular weight is 315 g/mol. The molecule has 0 aromatic carbocycles. The number of rotatable bonds is 3. The normalized spacial score (nSPS) is 10.7. The van der Waals surface area contributed by atoms with Crippen LogP contribution in [0.3, 0.4) is 0 Å². The van der Waals surface area contributed by atoms with E-state index in [0.717, 1.165) is 4.88 Å². The Morgan fingerprint density at radius 3 is 2.15 bits per heavy atom. The van der Waals surface area contributed by atoms with Crippen molar-refractivity contribution in [3.63, 3.8) is 0 Å². The third-order valence-corrected chi connectivity index (χ3v) is 8.66. The molecule has 0 aliphatic carbocycles. The Morgan fingerprint density at radius 2 is 1.60 bits per heavy atom. The molecule has 0 aliphatic rings. The first kappa shape index (κ1) is 14.7. The zero-order chi connectivity index (χ0) is 14.8. The van der Waals surface area contributed by atoms with Gasteiger partial charge < -0.3 is 0 Å². The minimum atomic E-state index is -1.25. The maximum absolute atomic E-state index is 8.77. The Labute approximate surface area is 128 Å². The Kier molecular flexibility index (Phi) is 4.25. The third kappa shape index (κ3) is 3.26. The van der Waals surface area contributed by atoms with Crippen molar-refractivity contribution in [3.05, 3.63) is 34.7 Å². The van der Waals surface area contributed by atoms with Crippen molar-refractivity contribution in [2.24, 2.45) is 0 Å². The molecule has 2 aromatic heterocycles. The molecule has 0 radical (unpaired) electrons. The maximum Gasteiger partial charge on any atom is 0.131 e. The molecule has 2 heterocycles. The lowest BCUT2D eigenvalue weighted by Crippen LogP contribution is -2.34. The zero-order valence-electron chi connectivity index (χ0n) is 11.6. The van der Waals surface area contributed by atoms with Gasteiger partial charge in [0, 0.05) is 14.6 Å². The smallest absolute Gasteiger partial charge is 0.131 e. The highest BCUT2D eigenvalue weighted by molar-refractivity contribution is 7.30. The molecule has 0 unspecified atom stereocenters. The van der Waals surface area contributed by atoms with Crippen LogP contribution in [0.5, 0.6) is 0 Å². The molecule has 2 nitrogen and oxygen atoms in total. The highest BCUT2D eigenvalue weighted by Crippen LogP contribution is 2.32. The molecule has 2 rings (SSSR count). The Balaban J connectivity index is 2.31. The van der Waals surface area contributed by atoms with Crippen molar-refractivity contribution >= 4 is 41.3 Å². The number of hydrogen-bond donors (Lipinski definition) is 0. The second kappa shape index (κ2) is 5.76. The van der Waals surface area contributed by atoms with Gasteiger partial charge in [0.25, 0.3) is 0 Å². The van der Waals surface area contributed by atoms with Gasteiger partial charge in [-0.25, -0.2) is 0 Å². The lowest BCUT2D eigenvalue weighted by molar-refractivity contribution is 1.47. The van der Waals surface area contributed by atoms with Crippen molar-refractivity contribution in [3.8, 4) is 21.9 Å². The Bertz CT molecular complexity index is 717. The van der Waals surface area contributed by atoms with Gasteiger partial charge in [-0.3, -0.25) is 0 Å². The summed E-state index contributed by atoms with van der Waals surface area (Å²) in [5.74, 6) is 0. The summed E-state index contributed by atoms with van der Waals surface area (Å²) in [6.45, 7) is 7.03. The van der Waals surface area contributed by atoms with Crippen LogP contribution in [0, 0.1) is 22.7 Å². The van der Waals surface area contributed by atoms with Crippen molar-refractivity contribution in [1.29, 1.82) is 10.5 Å². The molecule has 100 valence electrons. The van der Waals surface area contributed by atoms with E-state index in [9.17, 15) is 0 Å². The molecule has 20 heavy (non-hydrogen) atoms. The van der Waals surface area contributed by atoms with Crippen LogP contribution in [-0.2, 0) is 0 Å². The minimum Gasteiger partial charge on any atom is -0.192 e. The summed E-state index contributed by atoms with van der Waals surface area (Å²) in [6, 6.07) is 12.2. The van der Waals surface area contributed by atoms with Crippen LogP contribution in [0.4, 0.5) is 0 Å². The summed E-state index contributed by atoms with van der Waals surface area (Å²) in [5.41, 5.74) is 0.146. The first-order valence-electron chi connectivity index (χ1n) is 6.16. The summed E-state index contributed by atoms with van der Waals surface area (Å²) in [5, 5.41) is 17.5. The number of nitriles is 2. The quantitative estimate of drug-likeness (QED) is 0.620. The molecule has 0 bridgehead atoms. The van der Waals surface area contributed by atoms with Crippen molar-refractivity contribution in [2.45, 2.75) is 19.6 Å². The second-order valence-corrected chi connectivity index (χ2v) is 13.0. The van der Waals surface area contributed by atoms with E-state index >= 15 is 0 Å². The highest BCUT2D eigenvalue weighted by atomic mass is 32.1. The van der Waals surface area contributed by atoms with Gasteiger partial charge in [0.05, 0.1) is 8.07 Å². The van der Waals surface area contributed by atoms with Crippen LogP contribution in [0.2, 0.25) is 19.6 Å². The van der Waals surface area contributed by atoms with Crippen molar-refractivity contribution in [1.82, 2.24) is 0 Å². The topological polar surface area (TPSA) is 47.6 Å². The molecule has 0 spiro atoms. The van der Waals surface area contributed by atoms with Crippen LogP contribution in [0.15, 0.2) is 29.8 Å². The Hall–Kier alpha value is -1.66. The van der Waals surface area contributed by atoms with Gasteiger partial charge in [-0.2, -0.15) is 10.5 Å². The summed E-state index contributed by atoms with van der Waals surface area (Å²) >= 11 is 3.47. The predicted octanol–water partition coefficient (Wildman–Crippen LogP) is 4.45. The van der Waals surface area contributed by atoms with Crippen LogP contribution < -0.4 is 4.50 Å². The fraction of sp³-hybridized carbons (Fsp3) is 0.200. The summed E-state index contributed by atoms with van der Waals surface area (Å²) in [7, 11) is -1.25. The fourth-order valence-electron chi connectivity index (χ4n) is 1.67. The van der Waals surface area contributed by atoms with Gasteiger partial charge in [-0.15, -0.1) is 22.7 Å². The lowest BCUT2D eigenvalue weighted by Gasteiger charge is -2.12. The molecular weight excluding hydrogens is 300 g/mol. The molecule has 0 atom stereocenters. The summed E-state index contributed by atoms with van der Waals surface area (Å²) in [4.78, 5) is 3.41. The third-order valence-electron chi connectivity index (χ3n) is 2.74. The number of hydrogen-bond acceptors (Lipinski definition) is 4. The first-order valence-corrected chi connectivity index (χ1v) is 11.3. The van der Waals surface area contributed by atoms with Gasteiger partial charge in [-0.05, 0) is 28.8 Å². The SMILES string of the molecule is C[Si](C)(C)c1ccc(-c2ccc(C=C(C#N)C#N)s2)s1. The Morgan fingerprint density at radius 1 is 1.00 bits per heavy atom. The maximum atomic E-state index is 8.77. The largest absolute Gasteiger partial charge is 0.192 e. The van der Waals surface area contributed by atoms with E-state index in [1.54, 1.807) is 17.4 Å². The highest BCUT2D eigenvalue weighted by Gasteiger charge is 2.19. The van der Waals surface area contributed by atoms with E-state index in [-0.39, 0.29) is 5.57 Å². The van der Waals surface area contributed by atoms with Crippen LogP contribution in [-0.4, -0.2) is 8.07 Å². The van der Waals surface area contributed by atoms with Gasteiger partial charge in [0.15, 0.2) is 0 Å². The van der Waals surface area contributed by atoms with Gasteiger partial charge >= 0.3 is 0 Å². The molecule has 0 aliphatic heterocycles. The van der Waals surface area contributed by atoms with E-state index in [2.05, 4.69) is 37.8 Å². The van der Waals surface area contributed by atoms with E-state index in [1.807, 2.05) is 29.5 Å². The van der Waals surface area contributed by atoms with Crippen molar-refractivity contribution < 1.29 is 0 Å². The number of nitrogens with zero attached hydrogens (tertiary/aromatic N) is 2. The fourth-order valence-corrected chi connectivity index (χ4v) is 5.61. The first-order chi connectivity index (χ1) is 9.44. The molecule has 0 saturated heterocycles. The van der Waals surface area contributed by atoms with Crippen LogP contribution in [0.25, 0.3) is 15.8 Å². The summed E-state index contributed by atoms with van der Waals surface area (Å²) in [6.07, 6.45) is 1.64. The van der Waals surface area contributed by atoms with E-state index in [0.29, 0.717) is 0 Å². The van der Waals surface area contributed by atoms with Crippen LogP contribution in [0.1, 0.15) is 4.88 Å². The van der Waals surface area contributed by atoms with Gasteiger partial charge in [-0.1, -0.05) is 25.7 Å². The molecule has 5 heteroatoms. The monoisotopic (exact) mass is 314 g/mol. The standard InChI is InChI=1S/C15H14N2S2Si/c1-20(2,3)15-7-6-14(19-15)13-5-4-12(18-13)8-11(9-16)10-17/h4-8H,1-3H3. The summed E-state index contributed by atoms with van der Waals surface area (Å²) < 4.78 is 1.49. The van der Waals surface area contributed by atoms with Crippen molar-refractivity contribution in [2.75, 3.05) is 0 Å². The molecule has 0 fully saturated rings. The zero-order valence-corrected chi connectivity index (χ0v) is 14.2. The van der Waals surface area contributed by atoms with E-state index in [1.165, 1.54) is 14.3 Å². The average Bonchev–Trinajstić information content (AvgIpc) is 3.03. The van der Waals surface area contributed by atoms with Gasteiger partial charge in [0.1, 0.15) is 17.7 Å². The van der Waals surface area contributed by atoms with E-state index < -0.39 is 8.07 Å². The number of allylic oxidation sites excluding steroid dienone is 1. The second-order valence-electron chi connectivity index (χ2n) is 5.40. The minimum absolute atomic E-state index is 0.146. The molecule has 0 amide bonds. The predicted molar refractivity (Wildman–Crippen MR) is 89.8 cm³/mol. The molecule has 0 N–H and O–H groups in total. The van der Waals surface area contributed by atoms with E-state index in [4.69, 9.17) is 10.5 Å². The molecule has 0 saturated carbocycles.